The van der Waals surface area contributed by atoms with Gasteiger partial charge in [0, 0.05) is 0 Å². The fraction of sp³-hybridized carbons (Fsp3) is 0.417. The molecule has 112 valence electrons. The van der Waals surface area contributed by atoms with Crippen LogP contribution in [0.25, 0.3) is 0 Å². The highest BCUT2D eigenvalue weighted by atomic mass is 79.9. The third-order valence-electron chi connectivity index (χ3n) is 2.97. The second-order valence-corrected chi connectivity index (χ2v) is 6.91. The Morgan fingerprint density at radius 1 is 1.50 bits per heavy atom. The second kappa shape index (κ2) is 6.64. The Hall–Kier alpha value is -0.990. The third-order valence-corrected chi connectivity index (χ3v) is 5.04. The van der Waals surface area contributed by atoms with E-state index in [-0.39, 0.29) is 4.47 Å². The maximum atomic E-state index is 13.8. The largest absolute Gasteiger partial charge is 0.480 e. The standard InChI is InChI=1S/C12H15BrFNO4S/c1-3-7(2)11(12(16)17)15-20(18,19)9-6-4-5-8(13)10(9)14/h4-7,11,15H,3H2,1-2H3,(H,16,17)/t7-,11-/m0/s1. The number of carbonyl (C=O) groups is 1. The van der Waals surface area contributed by atoms with Crippen LogP contribution in [-0.2, 0) is 14.8 Å². The molecule has 0 aliphatic heterocycles. The smallest absolute Gasteiger partial charge is 0.322 e. The molecule has 0 saturated heterocycles. The topological polar surface area (TPSA) is 83.5 Å². The number of nitrogens with one attached hydrogen (secondary N) is 1. The van der Waals surface area contributed by atoms with Crippen LogP contribution in [0.4, 0.5) is 4.39 Å². The molecule has 0 aliphatic carbocycles. The van der Waals surface area contributed by atoms with Crippen molar-refractivity contribution in [2.45, 2.75) is 31.2 Å². The van der Waals surface area contributed by atoms with Gasteiger partial charge < -0.3 is 5.11 Å². The maximum Gasteiger partial charge on any atom is 0.322 e. The van der Waals surface area contributed by atoms with E-state index in [0.29, 0.717) is 6.42 Å². The minimum atomic E-state index is -4.25. The average molecular weight is 368 g/mol. The molecule has 5 nitrogen and oxygen atoms in total. The molecule has 20 heavy (non-hydrogen) atoms. The van der Waals surface area contributed by atoms with Gasteiger partial charge in [0.15, 0.2) is 5.82 Å². The molecular formula is C12H15BrFNO4S. The van der Waals surface area contributed by atoms with E-state index in [0.717, 1.165) is 6.07 Å². The Kier molecular flexibility index (Phi) is 5.67. The highest BCUT2D eigenvalue weighted by Crippen LogP contribution is 2.23. The van der Waals surface area contributed by atoms with Crippen LogP contribution in [0, 0.1) is 11.7 Å². The molecule has 2 N–H and O–H groups in total. The molecule has 0 saturated carbocycles. The van der Waals surface area contributed by atoms with Gasteiger partial charge in [-0.05, 0) is 34.0 Å². The van der Waals surface area contributed by atoms with Crippen LogP contribution in [0.1, 0.15) is 20.3 Å². The van der Waals surface area contributed by atoms with Crippen LogP contribution in [0.5, 0.6) is 0 Å². The highest BCUT2D eigenvalue weighted by molar-refractivity contribution is 9.10. The van der Waals surface area contributed by atoms with Crippen molar-refractivity contribution < 1.29 is 22.7 Å². The van der Waals surface area contributed by atoms with Crippen molar-refractivity contribution in [2.75, 3.05) is 0 Å². The summed E-state index contributed by atoms with van der Waals surface area (Å²) in [6.45, 7) is 3.35. The lowest BCUT2D eigenvalue weighted by molar-refractivity contribution is -0.140. The fourth-order valence-corrected chi connectivity index (χ4v) is 3.46. The van der Waals surface area contributed by atoms with Crippen LogP contribution in [0.15, 0.2) is 27.6 Å². The summed E-state index contributed by atoms with van der Waals surface area (Å²) in [5.41, 5.74) is 0. The summed E-state index contributed by atoms with van der Waals surface area (Å²) < 4.78 is 40.1. The summed E-state index contributed by atoms with van der Waals surface area (Å²) in [7, 11) is -4.25. The van der Waals surface area contributed by atoms with Gasteiger partial charge in [-0.15, -0.1) is 0 Å². The van der Waals surface area contributed by atoms with Crippen molar-refractivity contribution in [3.8, 4) is 0 Å². The lowest BCUT2D eigenvalue weighted by atomic mass is 10.0. The molecule has 0 bridgehead atoms. The molecule has 8 heteroatoms. The molecule has 0 radical (unpaired) electrons. The molecule has 1 aromatic rings. The summed E-state index contributed by atoms with van der Waals surface area (Å²) in [5, 5.41) is 9.08. The van der Waals surface area contributed by atoms with Gasteiger partial charge >= 0.3 is 5.97 Å². The summed E-state index contributed by atoms with van der Waals surface area (Å²) in [5.74, 6) is -2.66. The lowest BCUT2D eigenvalue weighted by Crippen LogP contribution is -2.45. The van der Waals surface area contributed by atoms with Crippen LogP contribution in [0.3, 0.4) is 0 Å². The van der Waals surface area contributed by atoms with Gasteiger partial charge in [0.2, 0.25) is 10.0 Å². The number of carboxylic acid groups (broad SMARTS) is 1. The second-order valence-electron chi connectivity index (χ2n) is 4.37. The summed E-state index contributed by atoms with van der Waals surface area (Å²) in [6.07, 6.45) is 0.473. The summed E-state index contributed by atoms with van der Waals surface area (Å²) >= 11 is 2.89. The van der Waals surface area contributed by atoms with Crippen LogP contribution >= 0.6 is 15.9 Å². The minimum absolute atomic E-state index is 0.00390. The molecule has 1 rings (SSSR count). The van der Waals surface area contributed by atoms with Crippen molar-refractivity contribution in [2.24, 2.45) is 5.92 Å². The summed E-state index contributed by atoms with van der Waals surface area (Å²) in [6, 6.07) is 2.50. The number of benzene rings is 1. The zero-order chi connectivity index (χ0) is 15.5. The van der Waals surface area contributed by atoms with Crippen molar-refractivity contribution in [1.82, 2.24) is 4.72 Å². The minimum Gasteiger partial charge on any atom is -0.480 e. The molecular weight excluding hydrogens is 353 g/mol. The summed E-state index contributed by atoms with van der Waals surface area (Å²) in [4.78, 5) is 10.5. The molecule has 0 amide bonds. The van der Waals surface area contributed by atoms with Gasteiger partial charge in [0.25, 0.3) is 0 Å². The van der Waals surface area contributed by atoms with Crippen LogP contribution < -0.4 is 4.72 Å². The number of sulfonamides is 1. The Morgan fingerprint density at radius 3 is 2.60 bits per heavy atom. The van der Waals surface area contributed by atoms with E-state index in [1.54, 1.807) is 13.8 Å². The predicted octanol–water partition coefficient (Wildman–Crippen LogP) is 2.37. The molecule has 0 spiro atoms. The molecule has 0 aromatic heterocycles. The van der Waals surface area contributed by atoms with Crippen molar-refractivity contribution >= 4 is 31.9 Å². The first-order valence-electron chi connectivity index (χ1n) is 5.89. The number of hydrogen-bond acceptors (Lipinski definition) is 3. The Labute approximate surface area is 125 Å². The first-order valence-corrected chi connectivity index (χ1v) is 8.17. The van der Waals surface area contributed by atoms with Crippen molar-refractivity contribution in [1.29, 1.82) is 0 Å². The van der Waals surface area contributed by atoms with Gasteiger partial charge in [0.1, 0.15) is 10.9 Å². The Balaban J connectivity index is 3.17. The molecule has 0 aliphatic rings. The normalized spacial score (nSPS) is 14.8. The fourth-order valence-electron chi connectivity index (χ4n) is 1.57. The van der Waals surface area contributed by atoms with Gasteiger partial charge in [0.05, 0.1) is 4.47 Å². The van der Waals surface area contributed by atoms with E-state index in [9.17, 15) is 17.6 Å². The molecule has 0 heterocycles. The first-order chi connectivity index (χ1) is 9.20. The number of carboxylic acids is 1. The quantitative estimate of drug-likeness (QED) is 0.808. The predicted molar refractivity (Wildman–Crippen MR) is 75.3 cm³/mol. The highest BCUT2D eigenvalue weighted by Gasteiger charge is 2.31. The number of aliphatic carboxylic acids is 1. The monoisotopic (exact) mass is 367 g/mol. The van der Waals surface area contributed by atoms with E-state index >= 15 is 0 Å². The van der Waals surface area contributed by atoms with E-state index in [2.05, 4.69) is 15.9 Å². The van der Waals surface area contributed by atoms with E-state index in [1.807, 2.05) is 4.72 Å². The Morgan fingerprint density at radius 2 is 2.10 bits per heavy atom. The van der Waals surface area contributed by atoms with Gasteiger partial charge in [-0.25, -0.2) is 12.8 Å². The average Bonchev–Trinajstić information content (AvgIpc) is 2.37. The molecule has 0 unspecified atom stereocenters. The van der Waals surface area contributed by atoms with Crippen LogP contribution in [-0.4, -0.2) is 25.5 Å². The zero-order valence-corrected chi connectivity index (χ0v) is 13.3. The number of hydrogen-bond donors (Lipinski definition) is 2. The zero-order valence-electron chi connectivity index (χ0n) is 10.9. The van der Waals surface area contributed by atoms with Crippen LogP contribution in [0.2, 0.25) is 0 Å². The first kappa shape index (κ1) is 17.1. The van der Waals surface area contributed by atoms with Crippen molar-refractivity contribution in [3.05, 3.63) is 28.5 Å². The molecule has 2 atom stereocenters. The lowest BCUT2D eigenvalue weighted by Gasteiger charge is -2.20. The van der Waals surface area contributed by atoms with E-state index in [4.69, 9.17) is 5.11 Å². The maximum absolute atomic E-state index is 13.8. The van der Waals surface area contributed by atoms with E-state index < -0.39 is 38.7 Å². The number of rotatable bonds is 6. The van der Waals surface area contributed by atoms with Gasteiger partial charge in [-0.3, -0.25) is 4.79 Å². The van der Waals surface area contributed by atoms with Crippen molar-refractivity contribution in [3.63, 3.8) is 0 Å². The molecule has 1 aromatic carbocycles. The SMILES string of the molecule is CC[C@H](C)[C@H](NS(=O)(=O)c1cccc(Br)c1F)C(=O)O. The molecule has 0 fully saturated rings. The van der Waals surface area contributed by atoms with Gasteiger partial charge in [-0.2, -0.15) is 4.72 Å². The Bertz CT molecular complexity index is 605. The van der Waals surface area contributed by atoms with E-state index in [1.165, 1.54) is 12.1 Å². The third kappa shape index (κ3) is 3.77. The van der Waals surface area contributed by atoms with Gasteiger partial charge in [-0.1, -0.05) is 26.3 Å². The number of halogens is 2.